The first-order valence-corrected chi connectivity index (χ1v) is 8.47. The van der Waals surface area contributed by atoms with Gasteiger partial charge in [0.25, 0.3) is 0 Å². The number of para-hydroxylation sites is 1. The number of unbranched alkanes of at least 4 members (excludes halogenated alkanes) is 1. The van der Waals surface area contributed by atoms with Gasteiger partial charge < -0.3 is 15.2 Å². The Balaban J connectivity index is 1.58. The van der Waals surface area contributed by atoms with Crippen molar-refractivity contribution in [2.45, 2.75) is 26.2 Å². The summed E-state index contributed by atoms with van der Waals surface area (Å²) in [6.07, 6.45) is 6.95. The summed E-state index contributed by atoms with van der Waals surface area (Å²) >= 11 is 0. The van der Waals surface area contributed by atoms with E-state index in [9.17, 15) is 0 Å². The molecule has 0 bridgehead atoms. The molecular formula is C18H24N6. The molecule has 0 aliphatic rings. The lowest BCUT2D eigenvalue weighted by molar-refractivity contribution is 0.740. The Morgan fingerprint density at radius 2 is 2.12 bits per heavy atom. The molecule has 0 fully saturated rings. The van der Waals surface area contributed by atoms with E-state index in [2.05, 4.69) is 56.8 Å². The van der Waals surface area contributed by atoms with Gasteiger partial charge in [-0.3, -0.25) is 0 Å². The Hall–Kier alpha value is -2.63. The van der Waals surface area contributed by atoms with Crippen LogP contribution in [0.2, 0.25) is 0 Å². The summed E-state index contributed by atoms with van der Waals surface area (Å²) in [5.74, 6) is 1.43. The summed E-state index contributed by atoms with van der Waals surface area (Å²) < 4.78 is 0. The number of rotatable bonds is 8. The Labute approximate surface area is 142 Å². The second-order valence-corrected chi connectivity index (χ2v) is 5.95. The maximum Gasteiger partial charge on any atom is 0.247 e. The molecule has 0 aliphatic heterocycles. The second-order valence-electron chi connectivity index (χ2n) is 5.95. The van der Waals surface area contributed by atoms with Crippen molar-refractivity contribution in [2.75, 3.05) is 30.4 Å². The fourth-order valence-electron chi connectivity index (χ4n) is 2.70. The van der Waals surface area contributed by atoms with Crippen LogP contribution in [0.3, 0.4) is 0 Å². The van der Waals surface area contributed by atoms with Gasteiger partial charge in [-0.15, -0.1) is 5.10 Å². The molecule has 6 heteroatoms. The van der Waals surface area contributed by atoms with E-state index in [0.29, 0.717) is 5.95 Å². The van der Waals surface area contributed by atoms with Crippen molar-refractivity contribution >= 4 is 22.7 Å². The Morgan fingerprint density at radius 1 is 1.25 bits per heavy atom. The molecule has 24 heavy (non-hydrogen) atoms. The van der Waals surface area contributed by atoms with Crippen LogP contribution in [0.5, 0.6) is 0 Å². The van der Waals surface area contributed by atoms with Crippen molar-refractivity contribution in [2.24, 2.45) is 0 Å². The summed E-state index contributed by atoms with van der Waals surface area (Å²) in [6, 6.07) is 8.36. The number of aromatic amines is 1. The van der Waals surface area contributed by atoms with Crippen LogP contribution in [0, 0.1) is 0 Å². The van der Waals surface area contributed by atoms with E-state index in [1.807, 2.05) is 18.0 Å². The minimum Gasteiger partial charge on any atom is -0.368 e. The lowest BCUT2D eigenvalue weighted by atomic mass is 10.1. The van der Waals surface area contributed by atoms with Gasteiger partial charge in [-0.25, -0.2) is 0 Å². The zero-order valence-electron chi connectivity index (χ0n) is 14.3. The number of benzene rings is 1. The minimum atomic E-state index is 0.667. The van der Waals surface area contributed by atoms with E-state index in [1.165, 1.54) is 16.5 Å². The van der Waals surface area contributed by atoms with E-state index >= 15 is 0 Å². The molecule has 126 valence electrons. The highest BCUT2D eigenvalue weighted by atomic mass is 15.3. The summed E-state index contributed by atoms with van der Waals surface area (Å²) in [7, 11) is 2.00. The molecule has 0 amide bonds. The van der Waals surface area contributed by atoms with E-state index in [4.69, 9.17) is 0 Å². The van der Waals surface area contributed by atoms with Crippen LogP contribution in [0.15, 0.2) is 36.7 Å². The molecule has 2 heterocycles. The lowest BCUT2D eigenvalue weighted by Crippen LogP contribution is -2.22. The number of hydrogen-bond donors (Lipinski definition) is 2. The first-order chi connectivity index (χ1) is 11.8. The number of H-pyrrole nitrogens is 1. The molecule has 3 aromatic rings. The van der Waals surface area contributed by atoms with Crippen molar-refractivity contribution in [1.82, 2.24) is 20.2 Å². The van der Waals surface area contributed by atoms with Gasteiger partial charge in [0.05, 0.1) is 6.20 Å². The SMILES string of the molecule is CCCCN(C)c1nncc(NCCc2c[nH]c3ccccc23)n1. The quantitative estimate of drug-likeness (QED) is 0.665. The third-order valence-corrected chi connectivity index (χ3v) is 4.11. The average Bonchev–Trinajstić information content (AvgIpc) is 3.03. The average molecular weight is 324 g/mol. The molecule has 0 atom stereocenters. The van der Waals surface area contributed by atoms with Crippen molar-refractivity contribution in [3.8, 4) is 0 Å². The van der Waals surface area contributed by atoms with E-state index in [0.717, 1.165) is 38.2 Å². The van der Waals surface area contributed by atoms with Crippen LogP contribution in [-0.4, -0.2) is 40.3 Å². The van der Waals surface area contributed by atoms with Crippen LogP contribution in [0.25, 0.3) is 10.9 Å². The molecule has 0 spiro atoms. The maximum atomic E-state index is 4.54. The minimum absolute atomic E-state index is 0.667. The molecule has 2 N–H and O–H groups in total. The molecule has 0 saturated heterocycles. The predicted octanol–water partition coefficient (Wildman–Crippen LogP) is 3.24. The Bertz CT molecular complexity index is 782. The number of nitrogens with one attached hydrogen (secondary N) is 2. The first kappa shape index (κ1) is 16.2. The molecule has 6 nitrogen and oxygen atoms in total. The number of hydrogen-bond acceptors (Lipinski definition) is 5. The lowest BCUT2D eigenvalue weighted by Gasteiger charge is -2.16. The van der Waals surface area contributed by atoms with Crippen LogP contribution in [0.1, 0.15) is 25.3 Å². The van der Waals surface area contributed by atoms with Crippen molar-refractivity contribution in [3.05, 3.63) is 42.2 Å². The van der Waals surface area contributed by atoms with E-state index in [1.54, 1.807) is 6.20 Å². The van der Waals surface area contributed by atoms with Crippen molar-refractivity contribution in [3.63, 3.8) is 0 Å². The van der Waals surface area contributed by atoms with Crippen LogP contribution < -0.4 is 10.2 Å². The smallest absolute Gasteiger partial charge is 0.247 e. The van der Waals surface area contributed by atoms with Crippen LogP contribution >= 0.6 is 0 Å². The van der Waals surface area contributed by atoms with Crippen molar-refractivity contribution in [1.29, 1.82) is 0 Å². The zero-order chi connectivity index (χ0) is 16.8. The summed E-state index contributed by atoms with van der Waals surface area (Å²) in [4.78, 5) is 9.89. The highest BCUT2D eigenvalue weighted by Gasteiger charge is 2.06. The molecule has 0 radical (unpaired) electrons. The van der Waals surface area contributed by atoms with Gasteiger partial charge in [0, 0.05) is 37.2 Å². The van der Waals surface area contributed by atoms with Gasteiger partial charge in [-0.2, -0.15) is 10.1 Å². The molecule has 0 saturated carbocycles. The van der Waals surface area contributed by atoms with Crippen molar-refractivity contribution < 1.29 is 0 Å². The first-order valence-electron chi connectivity index (χ1n) is 8.47. The number of anilines is 2. The highest BCUT2D eigenvalue weighted by molar-refractivity contribution is 5.83. The highest BCUT2D eigenvalue weighted by Crippen LogP contribution is 2.18. The number of aromatic nitrogens is 4. The fraction of sp³-hybridized carbons (Fsp3) is 0.389. The van der Waals surface area contributed by atoms with Gasteiger partial charge in [0.2, 0.25) is 5.95 Å². The van der Waals surface area contributed by atoms with Gasteiger partial charge >= 0.3 is 0 Å². The molecule has 0 unspecified atom stereocenters. The Morgan fingerprint density at radius 3 is 3.00 bits per heavy atom. The summed E-state index contributed by atoms with van der Waals surface area (Å²) in [5, 5.41) is 12.8. The largest absolute Gasteiger partial charge is 0.368 e. The fourth-order valence-corrected chi connectivity index (χ4v) is 2.70. The van der Waals surface area contributed by atoms with E-state index in [-0.39, 0.29) is 0 Å². The van der Waals surface area contributed by atoms with Gasteiger partial charge in [0.1, 0.15) is 0 Å². The maximum absolute atomic E-state index is 4.54. The summed E-state index contributed by atoms with van der Waals surface area (Å²) in [6.45, 7) is 3.92. The standard InChI is InChI=1S/C18H24N6/c1-3-4-11-24(2)18-22-17(13-21-23-18)19-10-9-14-12-20-16-8-6-5-7-15(14)16/h5-8,12-13,20H,3-4,9-11H2,1-2H3,(H,19,22,23). The third kappa shape index (κ3) is 3.82. The topological polar surface area (TPSA) is 69.7 Å². The Kier molecular flexibility index (Phi) is 5.25. The molecule has 2 aromatic heterocycles. The van der Waals surface area contributed by atoms with Gasteiger partial charge in [-0.05, 0) is 24.5 Å². The van der Waals surface area contributed by atoms with Gasteiger partial charge in [0.15, 0.2) is 5.82 Å². The molecule has 3 rings (SSSR count). The second kappa shape index (κ2) is 7.77. The molecular weight excluding hydrogens is 300 g/mol. The van der Waals surface area contributed by atoms with E-state index < -0.39 is 0 Å². The molecule has 1 aromatic carbocycles. The van der Waals surface area contributed by atoms with Crippen LogP contribution in [-0.2, 0) is 6.42 Å². The number of fused-ring (bicyclic) bond motifs is 1. The number of nitrogens with zero attached hydrogens (tertiary/aromatic N) is 4. The normalized spacial score (nSPS) is 10.9. The van der Waals surface area contributed by atoms with Crippen LogP contribution in [0.4, 0.5) is 11.8 Å². The van der Waals surface area contributed by atoms with Gasteiger partial charge in [-0.1, -0.05) is 31.5 Å². The predicted molar refractivity (Wildman–Crippen MR) is 98.5 cm³/mol. The zero-order valence-corrected chi connectivity index (χ0v) is 14.3. The molecule has 0 aliphatic carbocycles. The third-order valence-electron chi connectivity index (χ3n) is 4.11. The summed E-state index contributed by atoms with van der Waals surface area (Å²) in [5.41, 5.74) is 2.48. The monoisotopic (exact) mass is 324 g/mol.